The lowest BCUT2D eigenvalue weighted by molar-refractivity contribution is -0.0500. The van der Waals surface area contributed by atoms with Crippen molar-refractivity contribution >= 4 is 32.8 Å². The topological polar surface area (TPSA) is 96.0 Å². The van der Waals surface area contributed by atoms with Crippen molar-refractivity contribution < 1.29 is 44.8 Å². The summed E-state index contributed by atoms with van der Waals surface area (Å²) in [7, 11) is -3.88. The van der Waals surface area contributed by atoms with Crippen LogP contribution in [0.4, 0.5) is 13.2 Å². The number of carbonyl (C=O) groups is 2. The number of methoxy groups -OCH3 is 2. The van der Waals surface area contributed by atoms with Crippen molar-refractivity contribution in [1.82, 2.24) is 0 Å². The SMILES string of the molecule is COC(=O)c1ccc2cc(OS(=O)(=O)C(F)(F)F)c(C(=O)OC)cc2c1. The molecule has 0 spiro atoms. The molecule has 11 heteroatoms. The summed E-state index contributed by atoms with van der Waals surface area (Å²) in [4.78, 5) is 23.4. The van der Waals surface area contributed by atoms with Gasteiger partial charge in [0.15, 0.2) is 5.75 Å². The second-order valence-corrected chi connectivity index (χ2v) is 6.41. The van der Waals surface area contributed by atoms with Crippen LogP contribution in [-0.2, 0) is 19.6 Å². The van der Waals surface area contributed by atoms with Crippen molar-refractivity contribution in [2.75, 3.05) is 14.2 Å². The molecule has 0 aliphatic heterocycles. The molecule has 0 fully saturated rings. The summed E-state index contributed by atoms with van der Waals surface area (Å²) in [6, 6.07) is 5.93. The van der Waals surface area contributed by atoms with Crippen LogP contribution < -0.4 is 4.18 Å². The van der Waals surface area contributed by atoms with Crippen molar-refractivity contribution in [2.45, 2.75) is 5.51 Å². The molecule has 0 amide bonds. The molecule has 0 saturated heterocycles. The summed E-state index contributed by atoms with van der Waals surface area (Å²) < 4.78 is 73.2. The Morgan fingerprint density at radius 1 is 0.923 bits per heavy atom. The minimum Gasteiger partial charge on any atom is -0.465 e. The van der Waals surface area contributed by atoms with Gasteiger partial charge in [-0.2, -0.15) is 21.6 Å². The van der Waals surface area contributed by atoms with Crippen molar-refractivity contribution in [3.8, 4) is 5.75 Å². The number of halogens is 3. The van der Waals surface area contributed by atoms with Gasteiger partial charge in [-0.15, -0.1) is 0 Å². The fraction of sp³-hybridized carbons (Fsp3) is 0.200. The Labute approximate surface area is 145 Å². The largest absolute Gasteiger partial charge is 0.534 e. The van der Waals surface area contributed by atoms with Crippen LogP contribution in [0.1, 0.15) is 20.7 Å². The molecule has 7 nitrogen and oxygen atoms in total. The van der Waals surface area contributed by atoms with Gasteiger partial charge in [-0.25, -0.2) is 9.59 Å². The second kappa shape index (κ2) is 6.83. The summed E-state index contributed by atoms with van der Waals surface area (Å²) in [6.07, 6.45) is 0. The van der Waals surface area contributed by atoms with Crippen LogP contribution >= 0.6 is 0 Å². The van der Waals surface area contributed by atoms with Crippen LogP contribution in [0.25, 0.3) is 10.8 Å². The number of ether oxygens (including phenoxy) is 2. The summed E-state index contributed by atoms with van der Waals surface area (Å²) in [5.41, 5.74) is -6.12. The Balaban J connectivity index is 2.66. The van der Waals surface area contributed by atoms with Gasteiger partial charge in [0.25, 0.3) is 0 Å². The zero-order valence-electron chi connectivity index (χ0n) is 13.3. The van der Waals surface area contributed by atoms with E-state index in [2.05, 4.69) is 13.7 Å². The van der Waals surface area contributed by atoms with Gasteiger partial charge in [-0.3, -0.25) is 0 Å². The van der Waals surface area contributed by atoms with Gasteiger partial charge in [0, 0.05) is 0 Å². The maximum absolute atomic E-state index is 12.5. The minimum atomic E-state index is -5.99. The van der Waals surface area contributed by atoms with Gasteiger partial charge in [0.1, 0.15) is 5.56 Å². The third kappa shape index (κ3) is 3.72. The average Bonchev–Trinajstić information content (AvgIpc) is 2.58. The summed E-state index contributed by atoms with van der Waals surface area (Å²) >= 11 is 0. The fourth-order valence-corrected chi connectivity index (χ4v) is 2.49. The second-order valence-electron chi connectivity index (χ2n) is 4.88. The number of hydrogen-bond acceptors (Lipinski definition) is 7. The van der Waals surface area contributed by atoms with Gasteiger partial charge in [-0.1, -0.05) is 6.07 Å². The molecule has 0 bridgehead atoms. The molecule has 140 valence electrons. The highest BCUT2D eigenvalue weighted by Gasteiger charge is 2.49. The Hall–Kier alpha value is -2.82. The predicted molar refractivity (Wildman–Crippen MR) is 82.2 cm³/mol. The van der Waals surface area contributed by atoms with E-state index >= 15 is 0 Å². The molecule has 0 N–H and O–H groups in total. The summed E-state index contributed by atoms with van der Waals surface area (Å²) in [6.45, 7) is 0. The first kappa shape index (κ1) is 19.5. The zero-order valence-corrected chi connectivity index (χ0v) is 14.1. The lowest BCUT2D eigenvalue weighted by Gasteiger charge is -2.13. The quantitative estimate of drug-likeness (QED) is 0.448. The number of esters is 2. The average molecular weight is 392 g/mol. The lowest BCUT2D eigenvalue weighted by atomic mass is 10.0. The van der Waals surface area contributed by atoms with Crippen molar-refractivity contribution in [3.63, 3.8) is 0 Å². The van der Waals surface area contributed by atoms with E-state index in [0.717, 1.165) is 26.4 Å². The third-order valence-corrected chi connectivity index (χ3v) is 4.21. The van der Waals surface area contributed by atoms with Crippen molar-refractivity contribution in [1.29, 1.82) is 0 Å². The molecule has 2 rings (SSSR count). The van der Waals surface area contributed by atoms with Gasteiger partial charge in [0.2, 0.25) is 0 Å². The Morgan fingerprint density at radius 2 is 1.54 bits per heavy atom. The molecule has 0 saturated carbocycles. The molecule has 0 radical (unpaired) electrons. The van der Waals surface area contributed by atoms with Crippen LogP contribution in [0.3, 0.4) is 0 Å². The molecular formula is C15H11F3O7S. The normalized spacial score (nSPS) is 11.9. The highest BCUT2D eigenvalue weighted by molar-refractivity contribution is 7.88. The van der Waals surface area contributed by atoms with Crippen LogP contribution in [0, 0.1) is 0 Å². The Kier molecular flexibility index (Phi) is 5.12. The first-order chi connectivity index (χ1) is 12.0. The first-order valence-corrected chi connectivity index (χ1v) is 8.16. The van der Waals surface area contributed by atoms with E-state index in [1.807, 2.05) is 0 Å². The molecule has 26 heavy (non-hydrogen) atoms. The highest BCUT2D eigenvalue weighted by Crippen LogP contribution is 2.32. The zero-order chi connectivity index (χ0) is 19.7. The van der Waals surface area contributed by atoms with Crippen LogP contribution in [0.15, 0.2) is 30.3 Å². The van der Waals surface area contributed by atoms with Gasteiger partial charge in [0.05, 0.1) is 19.8 Å². The van der Waals surface area contributed by atoms with Gasteiger partial charge >= 0.3 is 27.6 Å². The van der Waals surface area contributed by atoms with E-state index < -0.39 is 38.9 Å². The van der Waals surface area contributed by atoms with E-state index in [1.54, 1.807) is 0 Å². The number of hydrogen-bond donors (Lipinski definition) is 0. The highest BCUT2D eigenvalue weighted by atomic mass is 32.2. The molecule has 0 heterocycles. The van der Waals surface area contributed by atoms with Crippen LogP contribution in [0.2, 0.25) is 0 Å². The molecule has 2 aromatic carbocycles. The maximum atomic E-state index is 12.5. The van der Waals surface area contributed by atoms with E-state index in [1.165, 1.54) is 18.2 Å². The predicted octanol–water partition coefficient (Wildman–Crippen LogP) is 2.64. The molecular weight excluding hydrogens is 381 g/mol. The monoisotopic (exact) mass is 392 g/mol. The summed E-state index contributed by atoms with van der Waals surface area (Å²) in [5.74, 6) is -2.65. The third-order valence-electron chi connectivity index (χ3n) is 3.25. The minimum absolute atomic E-state index is 0.118. The molecule has 0 unspecified atom stereocenters. The molecule has 0 aromatic heterocycles. The smallest absolute Gasteiger partial charge is 0.465 e. The Bertz CT molecular complexity index is 981. The van der Waals surface area contributed by atoms with Crippen molar-refractivity contribution in [2.24, 2.45) is 0 Å². The van der Waals surface area contributed by atoms with E-state index in [4.69, 9.17) is 0 Å². The number of rotatable bonds is 4. The van der Waals surface area contributed by atoms with Gasteiger partial charge < -0.3 is 13.7 Å². The number of carbonyl (C=O) groups excluding carboxylic acids is 2. The van der Waals surface area contributed by atoms with E-state index in [9.17, 15) is 31.2 Å². The van der Waals surface area contributed by atoms with Gasteiger partial charge in [-0.05, 0) is 35.0 Å². The molecule has 0 aliphatic rings. The van der Waals surface area contributed by atoms with Crippen LogP contribution in [-0.4, -0.2) is 40.1 Å². The number of benzene rings is 2. The fourth-order valence-electron chi connectivity index (χ4n) is 2.03. The molecule has 2 aromatic rings. The number of alkyl halides is 3. The van der Waals surface area contributed by atoms with Crippen LogP contribution in [0.5, 0.6) is 5.75 Å². The maximum Gasteiger partial charge on any atom is 0.534 e. The first-order valence-electron chi connectivity index (χ1n) is 6.75. The molecule has 0 atom stereocenters. The summed E-state index contributed by atoms with van der Waals surface area (Å²) in [5, 5.41) is 0.475. The number of fused-ring (bicyclic) bond motifs is 1. The van der Waals surface area contributed by atoms with E-state index in [-0.39, 0.29) is 16.3 Å². The lowest BCUT2D eigenvalue weighted by Crippen LogP contribution is -2.28. The molecule has 0 aliphatic carbocycles. The van der Waals surface area contributed by atoms with E-state index in [0.29, 0.717) is 0 Å². The standard InChI is InChI=1S/C15H11F3O7S/c1-23-13(19)9-4-3-8-7-12(25-26(21,22)15(16,17)18)11(14(20)24-2)6-10(8)5-9/h3-7H,1-2H3. The van der Waals surface area contributed by atoms with Crippen molar-refractivity contribution in [3.05, 3.63) is 41.5 Å². The Morgan fingerprint density at radius 3 is 2.08 bits per heavy atom.